The number of anilines is 2. The number of amides is 2. The molecule has 3 rings (SSSR count). The third-order valence-electron chi connectivity index (χ3n) is 3.74. The molecule has 0 aromatic heterocycles. The van der Waals surface area contributed by atoms with Crippen LogP contribution in [0.1, 0.15) is 17.3 Å². The average molecular weight is 405 g/mol. The van der Waals surface area contributed by atoms with Gasteiger partial charge in [0.15, 0.2) is 0 Å². The van der Waals surface area contributed by atoms with Gasteiger partial charge in [0.25, 0.3) is 11.8 Å². The summed E-state index contributed by atoms with van der Waals surface area (Å²) in [6.07, 6.45) is 0. The number of ether oxygens (including phenoxy) is 1. The number of nitrogens with one attached hydrogen (secondary N) is 1. The van der Waals surface area contributed by atoms with Gasteiger partial charge in [-0.1, -0.05) is 35.3 Å². The van der Waals surface area contributed by atoms with Crippen LogP contribution in [-0.2, 0) is 14.3 Å². The molecule has 0 fully saturated rings. The zero-order chi connectivity index (χ0) is 19.6. The number of imide groups is 1. The summed E-state index contributed by atoms with van der Waals surface area (Å²) >= 11 is 12.0. The van der Waals surface area contributed by atoms with Crippen LogP contribution in [-0.4, -0.2) is 24.4 Å². The number of benzene rings is 2. The lowest BCUT2D eigenvalue weighted by molar-refractivity contribution is -0.120. The first kappa shape index (κ1) is 18.9. The molecule has 8 heteroatoms. The molecule has 138 valence electrons. The summed E-state index contributed by atoms with van der Waals surface area (Å²) in [6, 6.07) is 12.7. The minimum atomic E-state index is -0.688. The number of nitrogens with zero attached hydrogens (tertiary/aromatic N) is 1. The van der Waals surface area contributed by atoms with Crippen LogP contribution in [0, 0.1) is 0 Å². The fourth-order valence-corrected chi connectivity index (χ4v) is 2.95. The lowest BCUT2D eigenvalue weighted by Gasteiger charge is -2.16. The van der Waals surface area contributed by atoms with Crippen LogP contribution < -0.4 is 10.2 Å². The Morgan fingerprint density at radius 2 is 1.81 bits per heavy atom. The van der Waals surface area contributed by atoms with Crippen LogP contribution in [0.5, 0.6) is 0 Å². The van der Waals surface area contributed by atoms with Gasteiger partial charge in [-0.15, -0.1) is 0 Å². The maximum atomic E-state index is 12.8. The second-order valence-electron chi connectivity index (χ2n) is 5.54. The van der Waals surface area contributed by atoms with Gasteiger partial charge in [0.05, 0.1) is 17.9 Å². The lowest BCUT2D eigenvalue weighted by atomic mass is 10.2. The molecule has 1 heterocycles. The molecule has 0 saturated heterocycles. The normalized spacial score (nSPS) is 14.0. The van der Waals surface area contributed by atoms with E-state index < -0.39 is 17.8 Å². The maximum absolute atomic E-state index is 12.8. The first-order chi connectivity index (χ1) is 12.9. The number of rotatable bonds is 5. The zero-order valence-corrected chi connectivity index (χ0v) is 15.7. The summed E-state index contributed by atoms with van der Waals surface area (Å²) in [5, 5.41) is 3.05. The Balaban J connectivity index is 1.89. The quantitative estimate of drug-likeness (QED) is 0.602. The Morgan fingerprint density at radius 3 is 2.52 bits per heavy atom. The van der Waals surface area contributed by atoms with Crippen molar-refractivity contribution in [3.63, 3.8) is 0 Å². The largest absolute Gasteiger partial charge is 0.462 e. The van der Waals surface area contributed by atoms with E-state index in [0.717, 1.165) is 4.90 Å². The Bertz CT molecular complexity index is 972. The van der Waals surface area contributed by atoms with E-state index in [1.54, 1.807) is 37.3 Å². The van der Waals surface area contributed by atoms with Crippen molar-refractivity contribution in [3.05, 3.63) is 69.8 Å². The Morgan fingerprint density at radius 1 is 1.07 bits per heavy atom. The van der Waals surface area contributed by atoms with Crippen molar-refractivity contribution in [3.8, 4) is 0 Å². The third-order valence-corrected chi connectivity index (χ3v) is 4.32. The van der Waals surface area contributed by atoms with Gasteiger partial charge in [0.2, 0.25) is 0 Å². The van der Waals surface area contributed by atoms with Crippen LogP contribution in [0.15, 0.2) is 59.3 Å². The van der Waals surface area contributed by atoms with Crippen LogP contribution in [0.3, 0.4) is 0 Å². The number of esters is 1. The number of carbonyl (C=O) groups excluding carboxylic acids is 3. The predicted octanol–water partition coefficient (Wildman–Crippen LogP) is 3.95. The predicted molar refractivity (Wildman–Crippen MR) is 103 cm³/mol. The average Bonchev–Trinajstić information content (AvgIpc) is 2.85. The van der Waals surface area contributed by atoms with Crippen molar-refractivity contribution in [2.75, 3.05) is 16.8 Å². The van der Waals surface area contributed by atoms with Crippen molar-refractivity contribution in [1.29, 1.82) is 0 Å². The fraction of sp³-hybridized carbons (Fsp3) is 0.105. The maximum Gasteiger partial charge on any atom is 0.338 e. The Labute approximate surface area is 165 Å². The molecule has 0 spiro atoms. The molecule has 1 aliphatic heterocycles. The molecule has 1 aliphatic rings. The second kappa shape index (κ2) is 7.82. The minimum Gasteiger partial charge on any atom is -0.462 e. The highest BCUT2D eigenvalue weighted by molar-refractivity contribution is 6.53. The van der Waals surface area contributed by atoms with Gasteiger partial charge in [-0.25, -0.2) is 9.69 Å². The van der Waals surface area contributed by atoms with Crippen LogP contribution in [0.2, 0.25) is 5.02 Å². The van der Waals surface area contributed by atoms with E-state index in [4.69, 9.17) is 27.9 Å². The molecular weight excluding hydrogens is 391 g/mol. The molecule has 0 aliphatic carbocycles. The molecule has 0 atom stereocenters. The molecule has 0 saturated carbocycles. The van der Waals surface area contributed by atoms with Crippen LogP contribution in [0.4, 0.5) is 11.4 Å². The van der Waals surface area contributed by atoms with E-state index >= 15 is 0 Å². The number of hydrogen-bond donors (Lipinski definition) is 1. The molecule has 2 amide bonds. The van der Waals surface area contributed by atoms with E-state index in [2.05, 4.69) is 5.32 Å². The standard InChI is InChI=1S/C19H14Cl2N2O4/c1-2-27-19(26)11-5-3-8-14(9-11)23-17(24)15(21)16(18(23)25)22-13-7-4-6-12(20)10-13/h3-10,22H,2H2,1H3. The van der Waals surface area contributed by atoms with E-state index in [1.807, 2.05) is 0 Å². The summed E-state index contributed by atoms with van der Waals surface area (Å²) in [7, 11) is 0. The van der Waals surface area contributed by atoms with Gasteiger partial charge in [-0.3, -0.25) is 9.59 Å². The minimum absolute atomic E-state index is 0.0644. The smallest absolute Gasteiger partial charge is 0.338 e. The molecule has 6 nitrogen and oxygen atoms in total. The molecule has 2 aromatic carbocycles. The summed E-state index contributed by atoms with van der Waals surface area (Å²) in [6.45, 7) is 1.90. The van der Waals surface area contributed by atoms with Crippen LogP contribution in [0.25, 0.3) is 0 Å². The second-order valence-corrected chi connectivity index (χ2v) is 6.36. The van der Waals surface area contributed by atoms with Gasteiger partial charge >= 0.3 is 5.97 Å². The van der Waals surface area contributed by atoms with E-state index in [1.165, 1.54) is 18.2 Å². The van der Waals surface area contributed by atoms with E-state index in [0.29, 0.717) is 10.7 Å². The van der Waals surface area contributed by atoms with Crippen molar-refractivity contribution >= 4 is 52.4 Å². The van der Waals surface area contributed by atoms with Gasteiger partial charge < -0.3 is 10.1 Å². The SMILES string of the molecule is CCOC(=O)c1cccc(N2C(=O)C(Cl)=C(Nc3cccc(Cl)c3)C2=O)c1. The highest BCUT2D eigenvalue weighted by Gasteiger charge is 2.39. The van der Waals surface area contributed by atoms with Gasteiger partial charge in [0.1, 0.15) is 10.7 Å². The summed E-state index contributed by atoms with van der Waals surface area (Å²) < 4.78 is 4.94. The Kier molecular flexibility index (Phi) is 5.48. The lowest BCUT2D eigenvalue weighted by Crippen LogP contribution is -2.32. The van der Waals surface area contributed by atoms with Crippen LogP contribution >= 0.6 is 23.2 Å². The monoisotopic (exact) mass is 404 g/mol. The van der Waals surface area contributed by atoms with Gasteiger partial charge in [-0.05, 0) is 43.3 Å². The van der Waals surface area contributed by atoms with Crippen molar-refractivity contribution in [2.24, 2.45) is 0 Å². The highest BCUT2D eigenvalue weighted by atomic mass is 35.5. The molecule has 27 heavy (non-hydrogen) atoms. The molecular formula is C19H14Cl2N2O4. The third kappa shape index (κ3) is 3.82. The molecule has 2 aromatic rings. The summed E-state index contributed by atoms with van der Waals surface area (Å²) in [5.41, 5.74) is 0.892. The first-order valence-corrected chi connectivity index (χ1v) is 8.76. The number of carbonyl (C=O) groups is 3. The number of hydrogen-bond acceptors (Lipinski definition) is 5. The van der Waals surface area contributed by atoms with E-state index in [9.17, 15) is 14.4 Å². The zero-order valence-electron chi connectivity index (χ0n) is 14.2. The van der Waals surface area contributed by atoms with Gasteiger partial charge in [0, 0.05) is 10.7 Å². The Hall–Kier alpha value is -2.83. The van der Waals surface area contributed by atoms with Crippen molar-refractivity contribution in [1.82, 2.24) is 0 Å². The van der Waals surface area contributed by atoms with E-state index in [-0.39, 0.29) is 28.6 Å². The summed E-state index contributed by atoms with van der Waals surface area (Å²) in [5.74, 6) is -1.87. The fourth-order valence-electron chi connectivity index (χ4n) is 2.54. The molecule has 0 unspecified atom stereocenters. The molecule has 0 bridgehead atoms. The first-order valence-electron chi connectivity index (χ1n) is 8.00. The van der Waals surface area contributed by atoms with Gasteiger partial charge in [-0.2, -0.15) is 0 Å². The summed E-state index contributed by atoms with van der Waals surface area (Å²) in [4.78, 5) is 38.1. The number of halogens is 2. The van der Waals surface area contributed by atoms with Crippen molar-refractivity contribution < 1.29 is 19.1 Å². The van der Waals surface area contributed by atoms with Crippen molar-refractivity contribution in [2.45, 2.75) is 6.92 Å². The highest BCUT2D eigenvalue weighted by Crippen LogP contribution is 2.31. The molecule has 1 N–H and O–H groups in total. The molecule has 0 radical (unpaired) electrons. The topological polar surface area (TPSA) is 75.7 Å².